The predicted octanol–water partition coefficient (Wildman–Crippen LogP) is -0.818. The van der Waals surface area contributed by atoms with E-state index in [2.05, 4.69) is 5.32 Å². The van der Waals surface area contributed by atoms with Gasteiger partial charge in [0.25, 0.3) is 0 Å². The van der Waals surface area contributed by atoms with Gasteiger partial charge in [-0.1, -0.05) is 0 Å². The van der Waals surface area contributed by atoms with Crippen molar-refractivity contribution >= 4 is 29.5 Å². The molecule has 2 fully saturated rings. The van der Waals surface area contributed by atoms with E-state index in [4.69, 9.17) is 10.8 Å². The van der Waals surface area contributed by atoms with Crippen LogP contribution in [0, 0.1) is 5.92 Å². The van der Waals surface area contributed by atoms with Gasteiger partial charge >= 0.3 is 5.97 Å². The number of carboxylic acid groups (broad SMARTS) is 1. The zero-order chi connectivity index (χ0) is 18.6. The highest BCUT2D eigenvalue weighted by Gasteiger charge is 2.38. The summed E-state index contributed by atoms with van der Waals surface area (Å²) in [7, 11) is 0. The first kappa shape index (κ1) is 18.9. The number of Topliss-reactive ketones (excluding diaryl/α,β-unsaturated/α-hetero) is 1. The molecule has 0 spiro atoms. The van der Waals surface area contributed by atoms with E-state index in [0.29, 0.717) is 32.2 Å². The second-order valence-corrected chi connectivity index (χ2v) is 6.56. The van der Waals surface area contributed by atoms with Crippen molar-refractivity contribution < 1.29 is 29.1 Å². The van der Waals surface area contributed by atoms with Gasteiger partial charge in [-0.15, -0.1) is 0 Å². The van der Waals surface area contributed by atoms with Crippen LogP contribution in [-0.4, -0.2) is 58.1 Å². The summed E-state index contributed by atoms with van der Waals surface area (Å²) in [6, 6.07) is -1.77. The number of aliphatic carboxylic acids is 1. The van der Waals surface area contributed by atoms with Gasteiger partial charge in [0.15, 0.2) is 0 Å². The molecule has 0 bridgehead atoms. The fraction of sp³-hybridized carbons (Fsp3) is 0.688. The van der Waals surface area contributed by atoms with Crippen LogP contribution < -0.4 is 11.1 Å². The van der Waals surface area contributed by atoms with E-state index in [9.17, 15) is 24.0 Å². The largest absolute Gasteiger partial charge is 0.481 e. The first-order valence-corrected chi connectivity index (χ1v) is 8.43. The molecule has 1 heterocycles. The third-order valence-corrected chi connectivity index (χ3v) is 4.74. The summed E-state index contributed by atoms with van der Waals surface area (Å²) < 4.78 is 0. The molecule has 1 saturated carbocycles. The lowest BCUT2D eigenvalue weighted by molar-refractivity contribution is -0.142. The van der Waals surface area contributed by atoms with Gasteiger partial charge in [0.05, 0.1) is 0 Å². The van der Waals surface area contributed by atoms with Crippen LogP contribution in [0.4, 0.5) is 0 Å². The van der Waals surface area contributed by atoms with Crippen LogP contribution in [0.15, 0.2) is 0 Å². The van der Waals surface area contributed by atoms with Crippen molar-refractivity contribution in [1.82, 2.24) is 10.2 Å². The number of hydrogen-bond donors (Lipinski definition) is 3. The smallest absolute Gasteiger partial charge is 0.303 e. The number of carbonyl (C=O) groups is 5. The molecule has 0 radical (unpaired) electrons. The Morgan fingerprint density at radius 1 is 1.28 bits per heavy atom. The minimum atomic E-state index is -1.09. The van der Waals surface area contributed by atoms with E-state index in [1.165, 1.54) is 4.90 Å². The molecule has 9 nitrogen and oxygen atoms in total. The van der Waals surface area contributed by atoms with E-state index in [0.717, 1.165) is 0 Å². The summed E-state index contributed by atoms with van der Waals surface area (Å²) in [6.45, 7) is 0.341. The highest BCUT2D eigenvalue weighted by molar-refractivity contribution is 5.94. The number of hydrogen-bond acceptors (Lipinski definition) is 5. The number of nitrogens with one attached hydrogen (secondary N) is 1. The summed E-state index contributed by atoms with van der Waals surface area (Å²) in [6.07, 6.45) is 1.60. The summed E-state index contributed by atoms with van der Waals surface area (Å²) in [5, 5.41) is 11.4. The number of nitrogens with two attached hydrogens (primary N) is 1. The fourth-order valence-corrected chi connectivity index (χ4v) is 3.38. The quantitative estimate of drug-likeness (QED) is 0.545. The normalized spacial score (nSPS) is 24.2. The number of nitrogens with zero attached hydrogens (tertiary/aromatic N) is 1. The zero-order valence-corrected chi connectivity index (χ0v) is 13.9. The average molecular weight is 353 g/mol. The summed E-state index contributed by atoms with van der Waals surface area (Å²) >= 11 is 0. The molecule has 1 aliphatic heterocycles. The molecule has 3 atom stereocenters. The summed E-state index contributed by atoms with van der Waals surface area (Å²) in [5.41, 5.74) is 5.31. The SMILES string of the molecule is NC(=O)[C@@H]1CCCN1C(=O)[C@H](CCC(=O)O)NC(=O)C1CCC(=O)C1. The van der Waals surface area contributed by atoms with Crippen molar-refractivity contribution in [2.45, 2.75) is 57.0 Å². The third-order valence-electron chi connectivity index (χ3n) is 4.74. The van der Waals surface area contributed by atoms with Crippen molar-refractivity contribution in [3.05, 3.63) is 0 Å². The molecule has 25 heavy (non-hydrogen) atoms. The molecule has 9 heteroatoms. The highest BCUT2D eigenvalue weighted by Crippen LogP contribution is 2.23. The van der Waals surface area contributed by atoms with Gasteiger partial charge in [0, 0.05) is 31.7 Å². The van der Waals surface area contributed by atoms with Crippen LogP contribution in [0.3, 0.4) is 0 Å². The minimum absolute atomic E-state index is 0.00176. The summed E-state index contributed by atoms with van der Waals surface area (Å²) in [4.78, 5) is 60.0. The number of rotatable bonds is 7. The number of primary amides is 1. The van der Waals surface area contributed by atoms with Crippen molar-refractivity contribution in [1.29, 1.82) is 0 Å². The molecule has 0 aromatic rings. The zero-order valence-electron chi connectivity index (χ0n) is 13.9. The van der Waals surface area contributed by atoms with Crippen LogP contribution >= 0.6 is 0 Å². The number of likely N-dealkylation sites (tertiary alicyclic amines) is 1. The Morgan fingerprint density at radius 3 is 2.56 bits per heavy atom. The van der Waals surface area contributed by atoms with Crippen LogP contribution in [0.25, 0.3) is 0 Å². The Kier molecular flexibility index (Phi) is 6.11. The van der Waals surface area contributed by atoms with Crippen molar-refractivity contribution in [3.63, 3.8) is 0 Å². The van der Waals surface area contributed by atoms with Crippen LogP contribution in [0.2, 0.25) is 0 Å². The van der Waals surface area contributed by atoms with E-state index >= 15 is 0 Å². The predicted molar refractivity (Wildman–Crippen MR) is 85.1 cm³/mol. The van der Waals surface area contributed by atoms with Gasteiger partial charge in [0.2, 0.25) is 17.7 Å². The number of carbonyl (C=O) groups excluding carboxylic acids is 4. The lowest BCUT2D eigenvalue weighted by Gasteiger charge is -2.28. The molecule has 1 unspecified atom stereocenters. The number of ketones is 1. The van der Waals surface area contributed by atoms with E-state index < -0.39 is 41.7 Å². The van der Waals surface area contributed by atoms with Crippen LogP contribution in [0.1, 0.15) is 44.9 Å². The van der Waals surface area contributed by atoms with Gasteiger partial charge in [-0.3, -0.25) is 24.0 Å². The fourth-order valence-electron chi connectivity index (χ4n) is 3.38. The average Bonchev–Trinajstić information content (AvgIpc) is 3.19. The van der Waals surface area contributed by atoms with Gasteiger partial charge in [-0.2, -0.15) is 0 Å². The van der Waals surface area contributed by atoms with Gasteiger partial charge < -0.3 is 21.1 Å². The molecule has 1 saturated heterocycles. The van der Waals surface area contributed by atoms with Gasteiger partial charge in [-0.05, 0) is 25.7 Å². The standard InChI is InChI=1S/C16H23N3O6/c17-14(23)12-2-1-7-19(12)16(25)11(5-6-13(21)22)18-15(24)9-3-4-10(20)8-9/h9,11-12H,1-8H2,(H2,17,23)(H,18,24)(H,21,22)/t9?,11-,12-/m0/s1. The lowest BCUT2D eigenvalue weighted by Crippen LogP contribution is -2.53. The monoisotopic (exact) mass is 353 g/mol. The van der Waals surface area contributed by atoms with Crippen molar-refractivity contribution in [3.8, 4) is 0 Å². The topological polar surface area (TPSA) is 147 Å². The molecule has 2 aliphatic rings. The molecule has 4 N–H and O–H groups in total. The Balaban J connectivity index is 2.07. The molecular weight excluding hydrogens is 330 g/mol. The maximum Gasteiger partial charge on any atom is 0.303 e. The molecular formula is C16H23N3O6. The second kappa shape index (κ2) is 8.09. The molecule has 138 valence electrons. The Morgan fingerprint density at radius 2 is 2.00 bits per heavy atom. The number of amides is 3. The molecule has 1 aliphatic carbocycles. The van der Waals surface area contributed by atoms with Crippen molar-refractivity contribution in [2.24, 2.45) is 11.7 Å². The second-order valence-electron chi connectivity index (χ2n) is 6.56. The first-order chi connectivity index (χ1) is 11.8. The lowest BCUT2D eigenvalue weighted by atomic mass is 10.0. The van der Waals surface area contributed by atoms with E-state index in [1.54, 1.807) is 0 Å². The molecule has 2 rings (SSSR count). The Hall–Kier alpha value is -2.45. The first-order valence-electron chi connectivity index (χ1n) is 8.43. The van der Waals surface area contributed by atoms with Crippen molar-refractivity contribution in [2.75, 3.05) is 6.54 Å². The number of carboxylic acids is 1. The maximum atomic E-state index is 12.7. The van der Waals surface area contributed by atoms with E-state index in [1.807, 2.05) is 0 Å². The van der Waals surface area contributed by atoms with Crippen LogP contribution in [0.5, 0.6) is 0 Å². The molecule has 3 amide bonds. The summed E-state index contributed by atoms with van der Waals surface area (Å²) in [5.74, 6) is -3.11. The highest BCUT2D eigenvalue weighted by atomic mass is 16.4. The van der Waals surface area contributed by atoms with Gasteiger partial charge in [-0.25, -0.2) is 0 Å². The van der Waals surface area contributed by atoms with Crippen LogP contribution in [-0.2, 0) is 24.0 Å². The minimum Gasteiger partial charge on any atom is -0.481 e. The third kappa shape index (κ3) is 4.77. The van der Waals surface area contributed by atoms with E-state index in [-0.39, 0.29) is 25.0 Å². The Labute approximate surface area is 144 Å². The molecule has 0 aromatic carbocycles. The maximum absolute atomic E-state index is 12.7. The Bertz CT molecular complexity index is 590. The van der Waals surface area contributed by atoms with Gasteiger partial charge in [0.1, 0.15) is 17.9 Å². The molecule has 0 aromatic heterocycles.